The van der Waals surface area contributed by atoms with Gasteiger partial charge < -0.3 is 5.32 Å². The molecule has 1 fully saturated rings. The molecular formula is C21H21N3O. The summed E-state index contributed by atoms with van der Waals surface area (Å²) in [6.07, 6.45) is 2.77. The van der Waals surface area contributed by atoms with Crippen molar-refractivity contribution >= 4 is 11.7 Å². The monoisotopic (exact) mass is 331 g/mol. The summed E-state index contributed by atoms with van der Waals surface area (Å²) < 4.78 is 0. The van der Waals surface area contributed by atoms with Gasteiger partial charge in [-0.2, -0.15) is 5.10 Å². The molecule has 2 N–H and O–H groups in total. The van der Waals surface area contributed by atoms with Crippen molar-refractivity contribution in [2.75, 3.05) is 5.32 Å². The van der Waals surface area contributed by atoms with Gasteiger partial charge in [-0.25, -0.2) is 0 Å². The second-order valence-electron chi connectivity index (χ2n) is 6.77. The zero-order valence-electron chi connectivity index (χ0n) is 14.3. The van der Waals surface area contributed by atoms with Crippen molar-refractivity contribution in [3.05, 3.63) is 71.4 Å². The van der Waals surface area contributed by atoms with E-state index < -0.39 is 0 Å². The Kier molecular flexibility index (Phi) is 4.10. The first-order valence-corrected chi connectivity index (χ1v) is 8.68. The number of nitrogens with one attached hydrogen (secondary N) is 2. The molecule has 0 atom stereocenters. The quantitative estimate of drug-likeness (QED) is 0.726. The number of hydrogen-bond donors (Lipinski definition) is 2. The molecule has 1 amide bonds. The number of aryl methyl sites for hydroxylation is 1. The number of aromatic nitrogens is 2. The highest BCUT2D eigenvalue weighted by atomic mass is 16.1. The van der Waals surface area contributed by atoms with Gasteiger partial charge in [-0.15, -0.1) is 0 Å². The minimum absolute atomic E-state index is 0.0445. The summed E-state index contributed by atoms with van der Waals surface area (Å²) in [5.74, 6) is 1.17. The largest absolute Gasteiger partial charge is 0.309 e. The van der Waals surface area contributed by atoms with E-state index >= 15 is 0 Å². The third-order valence-electron chi connectivity index (χ3n) is 4.59. The Morgan fingerprint density at radius 2 is 1.72 bits per heavy atom. The number of anilines is 1. The molecule has 126 valence electrons. The number of rotatable bonds is 5. The maximum Gasteiger partial charge on any atom is 0.229 e. The molecular weight excluding hydrogens is 310 g/mol. The lowest BCUT2D eigenvalue weighted by atomic mass is 10.0. The molecule has 1 heterocycles. The molecule has 1 aliphatic rings. The molecule has 4 heteroatoms. The number of nitrogens with zero attached hydrogens (tertiary/aromatic N) is 1. The van der Waals surface area contributed by atoms with E-state index in [4.69, 9.17) is 0 Å². The zero-order valence-corrected chi connectivity index (χ0v) is 14.3. The highest BCUT2D eigenvalue weighted by molar-refractivity contribution is 5.91. The summed E-state index contributed by atoms with van der Waals surface area (Å²) >= 11 is 0. The maximum absolute atomic E-state index is 12.2. The van der Waals surface area contributed by atoms with Crippen LogP contribution in [-0.4, -0.2) is 16.1 Å². The standard InChI is InChI=1S/C21H21N3O/c1-14-2-6-16(7-3-14)17-8-4-15(5-9-17)12-21(25)22-20-13-19(23-24-20)18-10-11-18/h2-9,13,18H,10-12H2,1H3,(H2,22,23,24,25). The first-order chi connectivity index (χ1) is 12.2. The van der Waals surface area contributed by atoms with Gasteiger partial charge in [0.25, 0.3) is 0 Å². The fourth-order valence-electron chi connectivity index (χ4n) is 2.94. The molecule has 0 spiro atoms. The minimum atomic E-state index is -0.0445. The summed E-state index contributed by atoms with van der Waals surface area (Å²) in [6.45, 7) is 2.08. The Morgan fingerprint density at radius 1 is 1.08 bits per heavy atom. The lowest BCUT2D eigenvalue weighted by molar-refractivity contribution is -0.115. The average Bonchev–Trinajstić information content (AvgIpc) is 3.36. The van der Waals surface area contributed by atoms with Gasteiger partial charge in [-0.3, -0.25) is 9.89 Å². The number of hydrogen-bond acceptors (Lipinski definition) is 2. The van der Waals surface area contributed by atoms with E-state index in [1.165, 1.54) is 24.0 Å². The van der Waals surface area contributed by atoms with Gasteiger partial charge in [0.1, 0.15) is 0 Å². The summed E-state index contributed by atoms with van der Waals surface area (Å²) in [4.78, 5) is 12.2. The molecule has 1 aromatic heterocycles. The van der Waals surface area contributed by atoms with Gasteiger partial charge in [0.15, 0.2) is 5.82 Å². The number of aromatic amines is 1. The Bertz CT molecular complexity index is 874. The molecule has 0 radical (unpaired) electrons. The van der Waals surface area contributed by atoms with Gasteiger partial charge in [0.2, 0.25) is 5.91 Å². The van der Waals surface area contributed by atoms with Crippen molar-refractivity contribution in [2.45, 2.75) is 32.1 Å². The van der Waals surface area contributed by atoms with Crippen molar-refractivity contribution in [3.63, 3.8) is 0 Å². The molecule has 0 bridgehead atoms. The predicted octanol–water partition coefficient (Wildman–Crippen LogP) is 4.44. The third-order valence-corrected chi connectivity index (χ3v) is 4.59. The second kappa shape index (κ2) is 6.55. The molecule has 2 aromatic carbocycles. The van der Waals surface area contributed by atoms with E-state index in [0.717, 1.165) is 16.8 Å². The lowest BCUT2D eigenvalue weighted by Crippen LogP contribution is -2.14. The number of carbonyl (C=O) groups excluding carboxylic acids is 1. The molecule has 4 nitrogen and oxygen atoms in total. The summed E-state index contributed by atoms with van der Waals surface area (Å²) in [6, 6.07) is 18.5. The Labute approximate surface area is 147 Å². The van der Waals surface area contributed by atoms with E-state index in [9.17, 15) is 4.79 Å². The topological polar surface area (TPSA) is 57.8 Å². The van der Waals surface area contributed by atoms with Gasteiger partial charge in [0, 0.05) is 17.7 Å². The lowest BCUT2D eigenvalue weighted by Gasteiger charge is -2.05. The molecule has 1 aliphatic carbocycles. The molecule has 0 saturated heterocycles. The molecule has 25 heavy (non-hydrogen) atoms. The average molecular weight is 331 g/mol. The number of carbonyl (C=O) groups is 1. The normalized spacial score (nSPS) is 13.6. The molecule has 0 unspecified atom stereocenters. The molecule has 1 saturated carbocycles. The summed E-state index contributed by atoms with van der Waals surface area (Å²) in [5, 5.41) is 10.0. The van der Waals surface area contributed by atoms with Crippen LogP contribution in [0.4, 0.5) is 5.82 Å². The maximum atomic E-state index is 12.2. The van der Waals surface area contributed by atoms with Crippen LogP contribution in [0.25, 0.3) is 11.1 Å². The van der Waals surface area contributed by atoms with E-state index in [0.29, 0.717) is 18.2 Å². The van der Waals surface area contributed by atoms with Crippen molar-refractivity contribution in [2.24, 2.45) is 0 Å². The number of H-pyrrole nitrogens is 1. The summed E-state index contributed by atoms with van der Waals surface area (Å²) in [5.41, 5.74) is 5.71. The zero-order chi connectivity index (χ0) is 17.2. The van der Waals surface area contributed by atoms with E-state index in [-0.39, 0.29) is 5.91 Å². The summed E-state index contributed by atoms with van der Waals surface area (Å²) in [7, 11) is 0. The predicted molar refractivity (Wildman–Crippen MR) is 99.5 cm³/mol. The van der Waals surface area contributed by atoms with Crippen molar-refractivity contribution in [1.82, 2.24) is 10.2 Å². The van der Waals surface area contributed by atoms with Crippen LogP contribution in [-0.2, 0) is 11.2 Å². The first-order valence-electron chi connectivity index (χ1n) is 8.68. The molecule has 4 rings (SSSR count). The third kappa shape index (κ3) is 3.79. The van der Waals surface area contributed by atoms with Gasteiger partial charge in [-0.05, 0) is 36.5 Å². The first kappa shape index (κ1) is 15.6. The van der Waals surface area contributed by atoms with Crippen LogP contribution in [0.15, 0.2) is 54.6 Å². The van der Waals surface area contributed by atoms with Crippen LogP contribution in [0.2, 0.25) is 0 Å². The highest BCUT2D eigenvalue weighted by Crippen LogP contribution is 2.39. The van der Waals surface area contributed by atoms with Crippen molar-refractivity contribution in [1.29, 1.82) is 0 Å². The smallest absolute Gasteiger partial charge is 0.229 e. The molecule has 3 aromatic rings. The second-order valence-corrected chi connectivity index (χ2v) is 6.77. The van der Waals surface area contributed by atoms with Crippen LogP contribution >= 0.6 is 0 Å². The molecule has 0 aliphatic heterocycles. The van der Waals surface area contributed by atoms with Crippen molar-refractivity contribution < 1.29 is 4.79 Å². The SMILES string of the molecule is Cc1ccc(-c2ccc(CC(=O)Nc3cc(C4CC4)[nH]n3)cc2)cc1. The van der Waals surface area contributed by atoms with Crippen LogP contribution in [0, 0.1) is 6.92 Å². The van der Waals surface area contributed by atoms with Gasteiger partial charge in [-0.1, -0.05) is 54.1 Å². The fourth-order valence-corrected chi connectivity index (χ4v) is 2.94. The Morgan fingerprint density at radius 3 is 2.36 bits per heavy atom. The van der Waals surface area contributed by atoms with Crippen molar-refractivity contribution in [3.8, 4) is 11.1 Å². The highest BCUT2D eigenvalue weighted by Gasteiger charge is 2.25. The van der Waals surface area contributed by atoms with E-state index in [1.54, 1.807) is 0 Å². The van der Waals surface area contributed by atoms with Crippen LogP contribution in [0.3, 0.4) is 0 Å². The van der Waals surface area contributed by atoms with Crippen LogP contribution in [0.1, 0.15) is 35.6 Å². The minimum Gasteiger partial charge on any atom is -0.309 e. The van der Waals surface area contributed by atoms with E-state index in [1.807, 2.05) is 18.2 Å². The van der Waals surface area contributed by atoms with Gasteiger partial charge in [0.05, 0.1) is 6.42 Å². The van der Waals surface area contributed by atoms with Crippen LogP contribution in [0.5, 0.6) is 0 Å². The van der Waals surface area contributed by atoms with Gasteiger partial charge >= 0.3 is 0 Å². The number of amides is 1. The van der Waals surface area contributed by atoms with Crippen LogP contribution < -0.4 is 5.32 Å². The Hall–Kier alpha value is -2.88. The van der Waals surface area contributed by atoms with E-state index in [2.05, 4.69) is 58.8 Å². The Balaban J connectivity index is 1.38. The fraction of sp³-hybridized carbons (Fsp3) is 0.238. The number of benzene rings is 2.